The number of nitrogens with zero attached hydrogens (tertiary/aromatic N) is 2. The third-order valence-electron chi connectivity index (χ3n) is 5.91. The van der Waals surface area contributed by atoms with Gasteiger partial charge in [0, 0.05) is 11.3 Å². The maximum absolute atomic E-state index is 13.3. The molecule has 0 saturated carbocycles. The van der Waals surface area contributed by atoms with Crippen LogP contribution in [0.2, 0.25) is 0 Å². The van der Waals surface area contributed by atoms with Crippen LogP contribution < -0.4 is 10.6 Å². The third kappa shape index (κ3) is 4.55. The number of amides is 4. The van der Waals surface area contributed by atoms with Crippen molar-refractivity contribution in [2.75, 3.05) is 18.4 Å². The Hall–Kier alpha value is -3.52. The summed E-state index contributed by atoms with van der Waals surface area (Å²) in [5, 5.41) is 6.01. The van der Waals surface area contributed by atoms with Gasteiger partial charge in [0.2, 0.25) is 11.8 Å². The average molecular weight is 434 g/mol. The highest BCUT2D eigenvalue weighted by molar-refractivity contribution is 6.03. The number of carbonyl (C=O) groups excluding carboxylic acids is 4. The molecule has 0 bridgehead atoms. The van der Waals surface area contributed by atoms with E-state index in [-0.39, 0.29) is 36.7 Å². The van der Waals surface area contributed by atoms with Crippen LogP contribution in [0.1, 0.15) is 35.7 Å². The Labute approximate surface area is 186 Å². The summed E-state index contributed by atoms with van der Waals surface area (Å²) in [6.07, 6.45) is 1.49. The molecule has 166 valence electrons. The Bertz CT molecular complexity index is 1020. The van der Waals surface area contributed by atoms with Crippen LogP contribution in [-0.4, -0.2) is 58.6 Å². The first-order valence-electron chi connectivity index (χ1n) is 10.7. The van der Waals surface area contributed by atoms with Gasteiger partial charge < -0.3 is 15.5 Å². The highest BCUT2D eigenvalue weighted by Gasteiger charge is 2.47. The van der Waals surface area contributed by atoms with Gasteiger partial charge >= 0.3 is 6.03 Å². The molecule has 0 spiro atoms. The average Bonchev–Trinajstić information content (AvgIpc) is 2.80. The predicted molar refractivity (Wildman–Crippen MR) is 119 cm³/mol. The molecule has 2 atom stereocenters. The van der Waals surface area contributed by atoms with Gasteiger partial charge in [-0.25, -0.2) is 4.79 Å². The molecule has 4 amide bonds. The van der Waals surface area contributed by atoms with Crippen molar-refractivity contribution in [1.82, 2.24) is 15.1 Å². The third-order valence-corrected chi connectivity index (χ3v) is 5.91. The molecule has 32 heavy (non-hydrogen) atoms. The largest absolute Gasteiger partial charge is 0.327 e. The predicted octanol–water partition coefficient (Wildman–Crippen LogP) is 2.41. The molecule has 0 aliphatic carbocycles. The number of piperidine rings is 1. The van der Waals surface area contributed by atoms with Crippen molar-refractivity contribution in [1.29, 1.82) is 0 Å². The van der Waals surface area contributed by atoms with Gasteiger partial charge in [0.05, 0.1) is 12.6 Å². The Kier molecular flexibility index (Phi) is 6.32. The number of rotatable bonds is 6. The zero-order valence-electron chi connectivity index (χ0n) is 17.9. The molecule has 0 radical (unpaired) electrons. The summed E-state index contributed by atoms with van der Waals surface area (Å²) in [4.78, 5) is 53.3. The van der Waals surface area contributed by atoms with Crippen molar-refractivity contribution in [3.63, 3.8) is 0 Å². The van der Waals surface area contributed by atoms with E-state index in [9.17, 15) is 19.2 Å². The minimum atomic E-state index is -0.521. The summed E-state index contributed by atoms with van der Waals surface area (Å²) in [6.45, 7) is 2.18. The molecule has 4 rings (SSSR count). The quantitative estimate of drug-likeness (QED) is 0.681. The highest BCUT2D eigenvalue weighted by atomic mass is 16.2. The summed E-state index contributed by atoms with van der Waals surface area (Å²) < 4.78 is 0. The van der Waals surface area contributed by atoms with Gasteiger partial charge in [-0.05, 0) is 56.1 Å². The van der Waals surface area contributed by atoms with Gasteiger partial charge in [-0.2, -0.15) is 0 Å². The number of nitrogens with one attached hydrogen (secondary N) is 2. The van der Waals surface area contributed by atoms with E-state index in [1.807, 2.05) is 30.3 Å². The van der Waals surface area contributed by atoms with Crippen molar-refractivity contribution in [2.24, 2.45) is 0 Å². The van der Waals surface area contributed by atoms with Crippen LogP contribution >= 0.6 is 0 Å². The maximum atomic E-state index is 13.3. The minimum absolute atomic E-state index is 0.0548. The Balaban J connectivity index is 1.51. The first kappa shape index (κ1) is 21.7. The minimum Gasteiger partial charge on any atom is -0.325 e. The molecule has 2 heterocycles. The van der Waals surface area contributed by atoms with Crippen molar-refractivity contribution >= 4 is 29.3 Å². The van der Waals surface area contributed by atoms with Crippen LogP contribution in [-0.2, 0) is 16.1 Å². The number of anilines is 1. The fourth-order valence-corrected chi connectivity index (χ4v) is 4.26. The zero-order valence-corrected chi connectivity index (χ0v) is 17.9. The van der Waals surface area contributed by atoms with Gasteiger partial charge in [0.25, 0.3) is 0 Å². The summed E-state index contributed by atoms with van der Waals surface area (Å²) in [7, 11) is 0. The highest BCUT2D eigenvalue weighted by Crippen LogP contribution is 2.26. The molecule has 2 aliphatic rings. The zero-order chi connectivity index (χ0) is 22.7. The van der Waals surface area contributed by atoms with Crippen molar-refractivity contribution < 1.29 is 19.2 Å². The monoisotopic (exact) mass is 434 g/mol. The number of ketones is 1. The van der Waals surface area contributed by atoms with Crippen LogP contribution in [0, 0.1) is 0 Å². The Morgan fingerprint density at radius 2 is 1.78 bits per heavy atom. The number of Topliss-reactive ketones (excluding diaryl/α,β-unsaturated/α-hetero) is 1. The van der Waals surface area contributed by atoms with Crippen LogP contribution in [0.4, 0.5) is 10.5 Å². The fraction of sp³-hybridized carbons (Fsp3) is 0.333. The Morgan fingerprint density at radius 3 is 2.47 bits per heavy atom. The van der Waals surface area contributed by atoms with E-state index in [4.69, 9.17) is 0 Å². The van der Waals surface area contributed by atoms with Gasteiger partial charge in [-0.15, -0.1) is 0 Å². The number of hydrogen-bond donors (Lipinski definition) is 2. The lowest BCUT2D eigenvalue weighted by Gasteiger charge is -2.46. The summed E-state index contributed by atoms with van der Waals surface area (Å²) in [5.41, 5.74) is 1.94. The van der Waals surface area contributed by atoms with E-state index < -0.39 is 12.1 Å². The molecule has 8 nitrogen and oxygen atoms in total. The SMILES string of the molecule is CC(=O)c1ccc(NC(=O)CN2C(=O)N(Cc3ccccc3)C(=O)C3NCCCC32)cc1. The smallest absolute Gasteiger partial charge is 0.325 e. The molecule has 2 saturated heterocycles. The van der Waals surface area contributed by atoms with E-state index in [1.165, 1.54) is 16.7 Å². The maximum Gasteiger partial charge on any atom is 0.327 e. The number of benzene rings is 2. The molecule has 0 aromatic heterocycles. The lowest BCUT2D eigenvalue weighted by Crippen LogP contribution is -2.70. The van der Waals surface area contributed by atoms with Crippen LogP contribution in [0.3, 0.4) is 0 Å². The molecule has 2 unspecified atom stereocenters. The lowest BCUT2D eigenvalue weighted by atomic mass is 9.93. The lowest BCUT2D eigenvalue weighted by molar-refractivity contribution is -0.138. The van der Waals surface area contributed by atoms with E-state index in [0.29, 0.717) is 24.2 Å². The molecular weight excluding hydrogens is 408 g/mol. The molecule has 2 aliphatic heterocycles. The molecular formula is C24H26N4O4. The summed E-state index contributed by atoms with van der Waals surface area (Å²) >= 11 is 0. The molecule has 2 aromatic carbocycles. The second kappa shape index (κ2) is 9.32. The molecule has 8 heteroatoms. The fourth-order valence-electron chi connectivity index (χ4n) is 4.26. The van der Waals surface area contributed by atoms with E-state index in [2.05, 4.69) is 10.6 Å². The molecule has 2 N–H and O–H groups in total. The second-order valence-corrected chi connectivity index (χ2v) is 8.14. The number of carbonyl (C=O) groups is 4. The van der Waals surface area contributed by atoms with Gasteiger partial charge in [0.15, 0.2) is 5.78 Å². The first-order chi connectivity index (χ1) is 15.4. The summed E-state index contributed by atoms with van der Waals surface area (Å²) in [6, 6.07) is 14.6. The van der Waals surface area contributed by atoms with Gasteiger partial charge in [0.1, 0.15) is 12.6 Å². The topological polar surface area (TPSA) is 98.8 Å². The van der Waals surface area contributed by atoms with Crippen LogP contribution in [0.25, 0.3) is 0 Å². The number of urea groups is 1. The Morgan fingerprint density at radius 1 is 1.06 bits per heavy atom. The number of imide groups is 1. The molecule has 2 fully saturated rings. The van der Waals surface area contributed by atoms with E-state index in [1.54, 1.807) is 24.3 Å². The van der Waals surface area contributed by atoms with Crippen molar-refractivity contribution in [3.05, 3.63) is 65.7 Å². The van der Waals surface area contributed by atoms with E-state index in [0.717, 1.165) is 12.0 Å². The normalized spacial score (nSPS) is 20.7. The van der Waals surface area contributed by atoms with Crippen LogP contribution in [0.15, 0.2) is 54.6 Å². The van der Waals surface area contributed by atoms with Gasteiger partial charge in [-0.1, -0.05) is 30.3 Å². The summed E-state index contributed by atoms with van der Waals surface area (Å²) in [5.74, 6) is -0.659. The van der Waals surface area contributed by atoms with Crippen molar-refractivity contribution in [3.8, 4) is 0 Å². The van der Waals surface area contributed by atoms with Gasteiger partial charge in [-0.3, -0.25) is 19.3 Å². The van der Waals surface area contributed by atoms with Crippen molar-refractivity contribution in [2.45, 2.75) is 38.4 Å². The van der Waals surface area contributed by atoms with E-state index >= 15 is 0 Å². The first-order valence-corrected chi connectivity index (χ1v) is 10.7. The van der Waals surface area contributed by atoms with Crippen LogP contribution in [0.5, 0.6) is 0 Å². The molecule has 2 aromatic rings. The number of hydrogen-bond acceptors (Lipinski definition) is 5. The standard InChI is InChI=1S/C24H26N4O4/c1-16(29)18-9-11-19(12-10-18)26-21(30)15-27-20-8-5-13-25-22(20)23(31)28(24(27)32)14-17-6-3-2-4-7-17/h2-4,6-7,9-12,20,22,25H,5,8,13-15H2,1H3,(H,26,30). The number of fused-ring (bicyclic) bond motifs is 1. The second-order valence-electron chi connectivity index (χ2n) is 8.14.